The fourth-order valence-corrected chi connectivity index (χ4v) is 7.45. The smallest absolute Gasteiger partial charge is 0.176 e. The number of hydrogen-bond acceptors (Lipinski definition) is 3. The minimum absolute atomic E-state index is 0. The van der Waals surface area contributed by atoms with Crippen LogP contribution in [0.5, 0.6) is 0 Å². The fraction of sp³-hybridized carbons (Fsp3) is 0.486. The summed E-state index contributed by atoms with van der Waals surface area (Å²) in [4.78, 5) is 14.8. The van der Waals surface area contributed by atoms with Gasteiger partial charge >= 0.3 is 0 Å². The predicted molar refractivity (Wildman–Crippen MR) is 167 cm³/mol. The second kappa shape index (κ2) is 15.6. The number of unbranched alkanes of at least 4 members (excludes halogenated alkanes) is 2. The van der Waals surface area contributed by atoms with E-state index in [0.717, 1.165) is 35.6 Å². The number of ketones is 1. The van der Waals surface area contributed by atoms with Crippen LogP contribution >= 0.6 is 11.8 Å². The van der Waals surface area contributed by atoms with Crippen LogP contribution < -0.4 is 0 Å². The van der Waals surface area contributed by atoms with Gasteiger partial charge in [-0.3, -0.25) is 4.79 Å². The number of benzene rings is 1. The Morgan fingerprint density at radius 3 is 2.72 bits per heavy atom. The maximum atomic E-state index is 12.6. The minimum atomic E-state index is 0. The van der Waals surface area contributed by atoms with Crippen LogP contribution in [0.4, 0.5) is 0 Å². The average molecular weight is 620 g/mol. The Bertz CT molecular complexity index is 1130. The Morgan fingerprint density at radius 1 is 1.28 bits per heavy atom. The van der Waals surface area contributed by atoms with Crippen LogP contribution in [0, 0.1) is 11.8 Å². The van der Waals surface area contributed by atoms with Crippen molar-refractivity contribution in [2.45, 2.75) is 97.8 Å². The van der Waals surface area contributed by atoms with Gasteiger partial charge in [0.15, 0.2) is 5.78 Å². The zero-order chi connectivity index (χ0) is 26.5. The van der Waals surface area contributed by atoms with E-state index in [2.05, 4.69) is 75.3 Å². The molecule has 2 aliphatic heterocycles. The van der Waals surface area contributed by atoms with E-state index < -0.39 is 0 Å². The summed E-state index contributed by atoms with van der Waals surface area (Å²) in [5.41, 5.74) is 8.74. The van der Waals surface area contributed by atoms with Crippen molar-refractivity contribution in [3.8, 4) is 0 Å². The number of hydrogen-bond donors (Lipinski definition) is 0. The van der Waals surface area contributed by atoms with Crippen molar-refractivity contribution >= 4 is 17.5 Å². The number of carbonyl (C=O) groups excluding carboxylic acids is 1. The second-order valence-electron chi connectivity index (χ2n) is 11.0. The van der Waals surface area contributed by atoms with E-state index in [0.29, 0.717) is 17.2 Å². The molecule has 39 heavy (non-hydrogen) atoms. The summed E-state index contributed by atoms with van der Waals surface area (Å²) >= 11 is 1.92. The predicted octanol–water partition coefficient (Wildman–Crippen LogP) is 9.70. The maximum absolute atomic E-state index is 12.6. The molecule has 209 valence electrons. The summed E-state index contributed by atoms with van der Waals surface area (Å²) in [5, 5.41) is 0.351. The Balaban J connectivity index is 0.00000267. The standard InChI is InChI=1S/C34H44NOS.CH4.Y/c1-7-9-10-14-27-18-19-31(29-16-11-13-23(3)20-29)32(21-27)28(8-2)15-12-17-30-22-37-34-24(4)25(5)35(34)33(30)26(6)36;;/h8,12,17-21,24,29,34H,2,5,7,9-11,13-16,22H2,1,3-4,6H3;1H4;/q-1;;/b17-12+;;. The summed E-state index contributed by atoms with van der Waals surface area (Å²) in [5.74, 6) is 3.19. The molecule has 0 saturated carbocycles. The Labute approximate surface area is 268 Å². The Morgan fingerprint density at radius 2 is 2.05 bits per heavy atom. The first-order chi connectivity index (χ1) is 17.8. The van der Waals surface area contributed by atoms with Gasteiger partial charge in [-0.05, 0) is 44.1 Å². The number of rotatable bonds is 11. The van der Waals surface area contributed by atoms with Crippen LogP contribution in [-0.4, -0.2) is 21.8 Å². The molecular weight excluding hydrogens is 571 g/mol. The summed E-state index contributed by atoms with van der Waals surface area (Å²) in [6, 6.07) is 7.16. The van der Waals surface area contributed by atoms with E-state index in [9.17, 15) is 4.79 Å². The second-order valence-corrected chi connectivity index (χ2v) is 12.1. The molecule has 4 heteroatoms. The third-order valence-electron chi connectivity index (χ3n) is 8.21. The first-order valence-corrected chi connectivity index (χ1v) is 15.2. The molecule has 1 aromatic carbocycles. The number of fused-ring (bicyclic) bond motifs is 1. The third-order valence-corrected chi connectivity index (χ3v) is 9.65. The zero-order valence-corrected chi connectivity index (χ0v) is 27.5. The van der Waals surface area contributed by atoms with Gasteiger partial charge in [0, 0.05) is 57.0 Å². The van der Waals surface area contributed by atoms with Gasteiger partial charge < -0.3 is 4.90 Å². The number of Topliss-reactive ketones (excluding diaryl/α,β-unsaturated/α-hetero) is 1. The first-order valence-electron chi connectivity index (χ1n) is 14.1. The molecule has 2 nitrogen and oxygen atoms in total. The molecule has 0 bridgehead atoms. The zero-order valence-electron chi connectivity index (χ0n) is 23.9. The molecule has 3 unspecified atom stereocenters. The number of aryl methyl sites for hydroxylation is 1. The van der Waals surface area contributed by atoms with Gasteiger partial charge in [-0.2, -0.15) is 6.58 Å². The molecule has 1 aromatic rings. The summed E-state index contributed by atoms with van der Waals surface area (Å²) in [6.07, 6.45) is 18.3. The molecule has 1 fully saturated rings. The third kappa shape index (κ3) is 7.72. The molecule has 1 aliphatic carbocycles. The van der Waals surface area contributed by atoms with Crippen molar-refractivity contribution in [1.82, 2.24) is 4.90 Å². The van der Waals surface area contributed by atoms with Crippen LogP contribution in [0.15, 0.2) is 78.2 Å². The van der Waals surface area contributed by atoms with E-state index in [1.807, 2.05) is 17.8 Å². The molecule has 4 rings (SSSR count). The van der Waals surface area contributed by atoms with Gasteiger partial charge in [-0.15, -0.1) is 47.0 Å². The Kier molecular flexibility index (Phi) is 13.6. The Hall–Kier alpha value is -1.29. The van der Waals surface area contributed by atoms with Crippen LogP contribution in [0.1, 0.15) is 103 Å². The maximum Gasteiger partial charge on any atom is 0.176 e. The fourth-order valence-electron chi connectivity index (χ4n) is 6.03. The van der Waals surface area contributed by atoms with Gasteiger partial charge in [-0.1, -0.05) is 89.0 Å². The average Bonchev–Trinajstić information content (AvgIpc) is 2.90. The topological polar surface area (TPSA) is 20.3 Å². The van der Waals surface area contributed by atoms with Gasteiger partial charge in [0.1, 0.15) is 0 Å². The molecule has 0 aromatic heterocycles. The van der Waals surface area contributed by atoms with E-state index >= 15 is 0 Å². The molecular formula is C35H48NOSY-. The molecule has 0 amide bonds. The summed E-state index contributed by atoms with van der Waals surface area (Å²) in [7, 11) is 0. The van der Waals surface area contributed by atoms with Crippen molar-refractivity contribution in [2.24, 2.45) is 5.92 Å². The normalized spacial score (nSPS) is 22.4. The van der Waals surface area contributed by atoms with Crippen LogP contribution in [0.2, 0.25) is 0 Å². The van der Waals surface area contributed by atoms with Crippen molar-refractivity contribution < 1.29 is 37.5 Å². The molecule has 0 spiro atoms. The van der Waals surface area contributed by atoms with Crippen molar-refractivity contribution in [2.75, 3.05) is 5.75 Å². The van der Waals surface area contributed by atoms with Crippen molar-refractivity contribution in [1.29, 1.82) is 0 Å². The van der Waals surface area contributed by atoms with E-state index in [-0.39, 0.29) is 45.9 Å². The van der Waals surface area contributed by atoms with E-state index in [1.54, 1.807) is 6.92 Å². The number of carbonyl (C=O) groups is 1. The van der Waals surface area contributed by atoms with Crippen LogP contribution in [-0.2, 0) is 43.9 Å². The van der Waals surface area contributed by atoms with Crippen molar-refractivity contribution in [3.63, 3.8) is 0 Å². The van der Waals surface area contributed by atoms with Crippen LogP contribution in [0.3, 0.4) is 0 Å². The molecule has 1 saturated heterocycles. The van der Waals surface area contributed by atoms with Gasteiger partial charge in [-0.25, -0.2) is 0 Å². The molecule has 0 N–H and O–H groups in total. The van der Waals surface area contributed by atoms with E-state index in [1.165, 1.54) is 66.7 Å². The number of nitrogens with zero attached hydrogens (tertiary/aromatic N) is 1. The van der Waals surface area contributed by atoms with Gasteiger partial charge in [0.2, 0.25) is 0 Å². The molecule has 3 atom stereocenters. The van der Waals surface area contributed by atoms with E-state index in [4.69, 9.17) is 0 Å². The largest absolute Gasteiger partial charge is 0.329 e. The number of thioether (sulfide) groups is 1. The SMILES string of the molecule is C.C=C[C-](C/C=C/C1=C(C(C)=O)N2C(=C)C(C)C2SC1)c1cc(CCCCC)ccc1C1C=C(C)CCC1.[Y]. The molecule has 1 radical (unpaired) electrons. The molecule has 2 heterocycles. The minimum Gasteiger partial charge on any atom is -0.329 e. The summed E-state index contributed by atoms with van der Waals surface area (Å²) in [6.45, 7) is 16.9. The van der Waals surface area contributed by atoms with Gasteiger partial charge in [0.05, 0.1) is 11.1 Å². The number of allylic oxidation sites excluding steroid dienone is 6. The summed E-state index contributed by atoms with van der Waals surface area (Å²) < 4.78 is 0. The monoisotopic (exact) mass is 619 g/mol. The van der Waals surface area contributed by atoms with Crippen molar-refractivity contribution in [3.05, 3.63) is 101 Å². The molecule has 3 aliphatic rings. The van der Waals surface area contributed by atoms with Crippen LogP contribution in [0.25, 0.3) is 0 Å². The first kappa shape index (κ1) is 33.9. The van der Waals surface area contributed by atoms with Gasteiger partial charge in [0.25, 0.3) is 0 Å². The quantitative estimate of drug-likeness (QED) is 0.140.